The molecule has 0 aliphatic carbocycles. The zero-order valence-electron chi connectivity index (χ0n) is 11.1. The van der Waals surface area contributed by atoms with E-state index in [0.29, 0.717) is 0 Å². The number of aromatic nitrogens is 1. The summed E-state index contributed by atoms with van der Waals surface area (Å²) in [6.07, 6.45) is 0. The molecule has 1 aliphatic rings. The van der Waals surface area contributed by atoms with Crippen molar-refractivity contribution in [2.75, 3.05) is 5.75 Å². The second-order valence-corrected chi connectivity index (χ2v) is 6.84. The standard InChI is InChI=1S/C17H15NS/c1-17(2)10-19-16-14(17)9-12-8-7-11-5-3-4-6-13(11)15(12)18-16/h3-9H,10H2,1-2H3. The van der Waals surface area contributed by atoms with Crippen LogP contribution >= 0.6 is 11.8 Å². The Kier molecular flexibility index (Phi) is 2.22. The van der Waals surface area contributed by atoms with E-state index in [0.717, 1.165) is 11.3 Å². The predicted molar refractivity (Wildman–Crippen MR) is 83.0 cm³/mol. The maximum Gasteiger partial charge on any atom is 0.101 e. The molecule has 0 radical (unpaired) electrons. The molecule has 0 amide bonds. The molecule has 0 N–H and O–H groups in total. The average molecular weight is 265 g/mol. The molecule has 0 saturated heterocycles. The van der Waals surface area contributed by atoms with Crippen LogP contribution in [0.1, 0.15) is 19.4 Å². The molecule has 0 unspecified atom stereocenters. The molecule has 2 aromatic carbocycles. The van der Waals surface area contributed by atoms with E-state index >= 15 is 0 Å². The van der Waals surface area contributed by atoms with Crippen LogP contribution in [0.25, 0.3) is 21.7 Å². The summed E-state index contributed by atoms with van der Waals surface area (Å²) >= 11 is 1.89. The Morgan fingerprint density at radius 2 is 1.84 bits per heavy atom. The molecule has 2 heteroatoms. The second kappa shape index (κ2) is 3.73. The highest BCUT2D eigenvalue weighted by molar-refractivity contribution is 7.99. The topological polar surface area (TPSA) is 12.9 Å². The second-order valence-electron chi connectivity index (χ2n) is 5.87. The summed E-state index contributed by atoms with van der Waals surface area (Å²) < 4.78 is 0. The van der Waals surface area contributed by atoms with Crippen molar-refractivity contribution in [3.63, 3.8) is 0 Å². The maximum atomic E-state index is 4.94. The third kappa shape index (κ3) is 1.59. The number of pyridine rings is 1. The Bertz CT molecular complexity index is 805. The fraction of sp³-hybridized carbons (Fsp3) is 0.235. The Morgan fingerprint density at radius 1 is 1.05 bits per heavy atom. The van der Waals surface area contributed by atoms with Gasteiger partial charge in [0, 0.05) is 21.9 Å². The molecular weight excluding hydrogens is 250 g/mol. The number of rotatable bonds is 0. The van der Waals surface area contributed by atoms with Gasteiger partial charge in [0.2, 0.25) is 0 Å². The molecule has 2 heterocycles. The Hall–Kier alpha value is -1.54. The van der Waals surface area contributed by atoms with Crippen molar-refractivity contribution >= 4 is 33.4 Å². The number of benzene rings is 2. The third-order valence-corrected chi connectivity index (χ3v) is 5.42. The molecule has 0 fully saturated rings. The number of fused-ring (bicyclic) bond motifs is 4. The van der Waals surface area contributed by atoms with Crippen molar-refractivity contribution in [2.45, 2.75) is 24.3 Å². The Morgan fingerprint density at radius 3 is 2.74 bits per heavy atom. The van der Waals surface area contributed by atoms with Crippen LogP contribution in [0.2, 0.25) is 0 Å². The zero-order valence-corrected chi connectivity index (χ0v) is 11.9. The molecule has 94 valence electrons. The van der Waals surface area contributed by atoms with Gasteiger partial charge in [-0.2, -0.15) is 0 Å². The van der Waals surface area contributed by atoms with Crippen molar-refractivity contribution < 1.29 is 0 Å². The number of thioether (sulfide) groups is 1. The smallest absolute Gasteiger partial charge is 0.101 e. The van der Waals surface area contributed by atoms with Gasteiger partial charge < -0.3 is 0 Å². The van der Waals surface area contributed by atoms with Crippen molar-refractivity contribution in [1.82, 2.24) is 4.98 Å². The summed E-state index contributed by atoms with van der Waals surface area (Å²) in [4.78, 5) is 4.94. The molecule has 0 atom stereocenters. The molecule has 1 aliphatic heterocycles. The first-order valence-electron chi connectivity index (χ1n) is 6.61. The molecule has 19 heavy (non-hydrogen) atoms. The lowest BCUT2D eigenvalue weighted by atomic mass is 9.87. The van der Waals surface area contributed by atoms with Gasteiger partial charge in [-0.1, -0.05) is 50.2 Å². The summed E-state index contributed by atoms with van der Waals surface area (Å²) in [5.41, 5.74) is 2.79. The SMILES string of the molecule is CC1(C)CSc2nc3c(ccc4ccccc43)cc21. The minimum atomic E-state index is 0.243. The monoisotopic (exact) mass is 265 g/mol. The van der Waals surface area contributed by atoms with Crippen molar-refractivity contribution in [3.8, 4) is 0 Å². The van der Waals surface area contributed by atoms with Crippen molar-refractivity contribution in [2.24, 2.45) is 0 Å². The number of hydrogen-bond donors (Lipinski definition) is 0. The quantitative estimate of drug-likeness (QED) is 0.543. The van der Waals surface area contributed by atoms with Gasteiger partial charge in [-0.05, 0) is 17.0 Å². The van der Waals surface area contributed by atoms with Crippen molar-refractivity contribution in [3.05, 3.63) is 48.0 Å². The van der Waals surface area contributed by atoms with Gasteiger partial charge in [-0.25, -0.2) is 4.98 Å². The summed E-state index contributed by atoms with van der Waals surface area (Å²) in [5, 5.41) is 5.00. The van der Waals surface area contributed by atoms with Gasteiger partial charge in [-0.3, -0.25) is 0 Å². The fourth-order valence-electron chi connectivity index (χ4n) is 2.81. The molecule has 4 rings (SSSR count). The van der Waals surface area contributed by atoms with E-state index in [1.54, 1.807) is 0 Å². The van der Waals surface area contributed by atoms with E-state index in [2.05, 4.69) is 56.3 Å². The van der Waals surface area contributed by atoms with Crippen LogP contribution < -0.4 is 0 Å². The van der Waals surface area contributed by atoms with Crippen LogP contribution in [0, 0.1) is 0 Å². The van der Waals surface area contributed by atoms with Gasteiger partial charge in [0.1, 0.15) is 5.03 Å². The Balaban J connectivity index is 2.13. The predicted octanol–water partition coefficient (Wildman–Crippen LogP) is 4.77. The molecular formula is C17H15NS. The summed E-state index contributed by atoms with van der Waals surface area (Å²) in [5.74, 6) is 1.13. The summed E-state index contributed by atoms with van der Waals surface area (Å²) in [7, 11) is 0. The number of hydrogen-bond acceptors (Lipinski definition) is 2. The largest absolute Gasteiger partial charge is 0.241 e. The summed E-state index contributed by atoms with van der Waals surface area (Å²) in [6, 6.07) is 15.2. The Labute approximate surface area is 117 Å². The van der Waals surface area contributed by atoms with Crippen LogP contribution in [-0.2, 0) is 5.41 Å². The van der Waals surface area contributed by atoms with Crippen LogP contribution in [0.5, 0.6) is 0 Å². The van der Waals surface area contributed by atoms with E-state index in [9.17, 15) is 0 Å². The van der Waals surface area contributed by atoms with Crippen LogP contribution in [0.3, 0.4) is 0 Å². The van der Waals surface area contributed by atoms with E-state index in [1.165, 1.54) is 26.7 Å². The maximum absolute atomic E-state index is 4.94. The lowest BCUT2D eigenvalue weighted by molar-refractivity contribution is 0.602. The average Bonchev–Trinajstić information content (AvgIpc) is 2.72. The normalized spacial score (nSPS) is 16.9. The zero-order chi connectivity index (χ0) is 13.0. The van der Waals surface area contributed by atoms with E-state index in [-0.39, 0.29) is 5.41 Å². The van der Waals surface area contributed by atoms with E-state index in [1.807, 2.05) is 11.8 Å². The van der Waals surface area contributed by atoms with Crippen molar-refractivity contribution in [1.29, 1.82) is 0 Å². The van der Waals surface area contributed by atoms with Crippen LogP contribution in [0.4, 0.5) is 0 Å². The van der Waals surface area contributed by atoms with Crippen LogP contribution in [0.15, 0.2) is 47.5 Å². The molecule has 1 aromatic heterocycles. The minimum Gasteiger partial charge on any atom is -0.241 e. The van der Waals surface area contributed by atoms with Gasteiger partial charge >= 0.3 is 0 Å². The first-order chi connectivity index (χ1) is 9.15. The lowest BCUT2D eigenvalue weighted by Gasteiger charge is -2.17. The summed E-state index contributed by atoms with van der Waals surface area (Å²) in [6.45, 7) is 4.61. The molecule has 1 nitrogen and oxygen atoms in total. The van der Waals surface area contributed by atoms with Gasteiger partial charge in [-0.15, -0.1) is 11.8 Å². The first kappa shape index (κ1) is 11.3. The third-order valence-electron chi connectivity index (χ3n) is 3.97. The van der Waals surface area contributed by atoms with Gasteiger partial charge in [0.15, 0.2) is 0 Å². The van der Waals surface area contributed by atoms with Gasteiger partial charge in [0.25, 0.3) is 0 Å². The minimum absolute atomic E-state index is 0.243. The highest BCUT2D eigenvalue weighted by atomic mass is 32.2. The molecule has 0 saturated carbocycles. The molecule has 0 spiro atoms. The highest BCUT2D eigenvalue weighted by Crippen LogP contribution is 2.44. The number of nitrogens with zero attached hydrogens (tertiary/aromatic N) is 1. The lowest BCUT2D eigenvalue weighted by Crippen LogP contribution is -2.15. The van der Waals surface area contributed by atoms with E-state index in [4.69, 9.17) is 4.98 Å². The van der Waals surface area contributed by atoms with Gasteiger partial charge in [0.05, 0.1) is 5.52 Å². The van der Waals surface area contributed by atoms with Crippen LogP contribution in [-0.4, -0.2) is 10.7 Å². The fourth-order valence-corrected chi connectivity index (χ4v) is 4.11. The molecule has 0 bridgehead atoms. The first-order valence-corrected chi connectivity index (χ1v) is 7.59. The van der Waals surface area contributed by atoms with E-state index < -0.39 is 0 Å². The molecule has 3 aromatic rings. The highest BCUT2D eigenvalue weighted by Gasteiger charge is 2.32.